The summed E-state index contributed by atoms with van der Waals surface area (Å²) in [5, 5.41) is 9.17. The van der Waals surface area contributed by atoms with Gasteiger partial charge in [-0.1, -0.05) is 48.2 Å². The third-order valence-electron chi connectivity index (χ3n) is 4.55. The number of carbonyl (C=O) groups excluding carboxylic acids is 2. The lowest BCUT2D eigenvalue weighted by atomic mass is 10.2. The van der Waals surface area contributed by atoms with E-state index in [0.29, 0.717) is 38.0 Å². The lowest BCUT2D eigenvalue weighted by Crippen LogP contribution is -2.46. The largest absolute Gasteiger partial charge is 0.378 e. The number of rotatable bonds is 8. The minimum Gasteiger partial charge on any atom is -0.378 e. The van der Waals surface area contributed by atoms with Gasteiger partial charge in [-0.15, -0.1) is 16.8 Å². The van der Waals surface area contributed by atoms with E-state index in [9.17, 15) is 9.59 Å². The summed E-state index contributed by atoms with van der Waals surface area (Å²) < 4.78 is 7.18. The fourth-order valence-corrected chi connectivity index (χ4v) is 3.82. The molecule has 2 heterocycles. The number of hydrogen-bond donors (Lipinski definition) is 0. The van der Waals surface area contributed by atoms with Gasteiger partial charge in [-0.25, -0.2) is 0 Å². The lowest BCUT2D eigenvalue weighted by Gasteiger charge is -2.28. The minimum absolute atomic E-state index is 0.0599. The molecule has 154 valence electrons. The van der Waals surface area contributed by atoms with Gasteiger partial charge in [0.15, 0.2) is 11.0 Å². The maximum Gasteiger partial charge on any atom is 0.242 e. The summed E-state index contributed by atoms with van der Waals surface area (Å²) in [5.41, 5.74) is 0.952. The average Bonchev–Trinajstić information content (AvgIpc) is 3.16. The summed E-state index contributed by atoms with van der Waals surface area (Å²) in [6, 6.07) is 9.76. The Morgan fingerprint density at radius 1 is 1.24 bits per heavy atom. The highest BCUT2D eigenvalue weighted by Crippen LogP contribution is 2.24. The van der Waals surface area contributed by atoms with Crippen molar-refractivity contribution in [1.29, 1.82) is 0 Å². The Hall–Kier alpha value is -2.65. The average molecular weight is 416 g/mol. The SMILES string of the molecule is C=CCn1c(SCC(=O)N(C)CC(=O)N2CCOCC2)nnc1-c1ccccc1. The van der Waals surface area contributed by atoms with Gasteiger partial charge in [0.05, 0.1) is 25.5 Å². The number of aromatic nitrogens is 3. The summed E-state index contributed by atoms with van der Waals surface area (Å²) in [6.45, 7) is 6.64. The zero-order valence-corrected chi connectivity index (χ0v) is 17.3. The summed E-state index contributed by atoms with van der Waals surface area (Å²) >= 11 is 1.31. The van der Waals surface area contributed by atoms with Crippen molar-refractivity contribution in [2.45, 2.75) is 11.7 Å². The van der Waals surface area contributed by atoms with E-state index in [-0.39, 0.29) is 24.1 Å². The smallest absolute Gasteiger partial charge is 0.242 e. The molecule has 1 aliphatic heterocycles. The van der Waals surface area contributed by atoms with Crippen LogP contribution in [0.25, 0.3) is 11.4 Å². The van der Waals surface area contributed by atoms with E-state index in [1.165, 1.54) is 16.7 Å². The monoisotopic (exact) mass is 415 g/mol. The number of hydrogen-bond acceptors (Lipinski definition) is 6. The number of thioether (sulfide) groups is 1. The van der Waals surface area contributed by atoms with Crippen LogP contribution in [0.4, 0.5) is 0 Å². The van der Waals surface area contributed by atoms with Crippen molar-refractivity contribution in [1.82, 2.24) is 24.6 Å². The highest BCUT2D eigenvalue weighted by Gasteiger charge is 2.21. The van der Waals surface area contributed by atoms with Crippen molar-refractivity contribution >= 4 is 23.6 Å². The van der Waals surface area contributed by atoms with E-state index < -0.39 is 0 Å². The second-order valence-corrected chi connectivity index (χ2v) is 7.55. The quantitative estimate of drug-likeness (QED) is 0.481. The summed E-state index contributed by atoms with van der Waals surface area (Å²) in [7, 11) is 1.64. The van der Waals surface area contributed by atoms with Crippen molar-refractivity contribution in [3.05, 3.63) is 43.0 Å². The van der Waals surface area contributed by atoms with Crippen LogP contribution in [0.2, 0.25) is 0 Å². The Balaban J connectivity index is 1.60. The van der Waals surface area contributed by atoms with Crippen LogP contribution in [-0.2, 0) is 20.9 Å². The fourth-order valence-electron chi connectivity index (χ4n) is 2.93. The zero-order valence-electron chi connectivity index (χ0n) is 16.5. The van der Waals surface area contributed by atoms with Crippen LogP contribution in [0.5, 0.6) is 0 Å². The van der Waals surface area contributed by atoms with Crippen molar-refractivity contribution in [2.75, 3.05) is 45.6 Å². The molecule has 0 radical (unpaired) electrons. The Morgan fingerprint density at radius 3 is 2.66 bits per heavy atom. The van der Waals surface area contributed by atoms with Crippen LogP contribution < -0.4 is 0 Å². The lowest BCUT2D eigenvalue weighted by molar-refractivity contribution is -0.140. The molecule has 1 fully saturated rings. The van der Waals surface area contributed by atoms with E-state index in [2.05, 4.69) is 16.8 Å². The zero-order chi connectivity index (χ0) is 20.6. The molecule has 3 rings (SSSR count). The second-order valence-electron chi connectivity index (χ2n) is 6.60. The highest BCUT2D eigenvalue weighted by atomic mass is 32.2. The number of likely N-dealkylation sites (N-methyl/N-ethyl adjacent to an activating group) is 1. The summed E-state index contributed by atoms with van der Waals surface area (Å²) in [5.74, 6) is 0.717. The number of ether oxygens (including phenoxy) is 1. The Kier molecular flexibility index (Phi) is 7.42. The van der Waals surface area contributed by atoms with E-state index in [1.807, 2.05) is 34.9 Å². The van der Waals surface area contributed by atoms with Crippen LogP contribution in [0.1, 0.15) is 0 Å². The van der Waals surface area contributed by atoms with Gasteiger partial charge in [0, 0.05) is 32.2 Å². The third kappa shape index (κ3) is 5.45. The Morgan fingerprint density at radius 2 is 1.97 bits per heavy atom. The molecule has 0 spiro atoms. The molecular weight excluding hydrogens is 390 g/mol. The number of allylic oxidation sites excluding steroid dienone is 1. The van der Waals surface area contributed by atoms with E-state index in [4.69, 9.17) is 4.74 Å². The highest BCUT2D eigenvalue weighted by molar-refractivity contribution is 7.99. The first-order valence-corrected chi connectivity index (χ1v) is 10.4. The summed E-state index contributed by atoms with van der Waals surface area (Å²) in [6.07, 6.45) is 1.77. The molecule has 0 unspecified atom stereocenters. The number of carbonyl (C=O) groups is 2. The maximum atomic E-state index is 12.5. The maximum absolute atomic E-state index is 12.5. The van der Waals surface area contributed by atoms with Crippen molar-refractivity contribution < 1.29 is 14.3 Å². The van der Waals surface area contributed by atoms with Crippen LogP contribution in [-0.4, -0.2) is 82.0 Å². The number of nitrogens with zero attached hydrogens (tertiary/aromatic N) is 5. The van der Waals surface area contributed by atoms with Gasteiger partial charge in [-0.3, -0.25) is 14.2 Å². The van der Waals surface area contributed by atoms with Crippen LogP contribution in [0, 0.1) is 0 Å². The third-order valence-corrected chi connectivity index (χ3v) is 5.50. The Bertz CT molecular complexity index is 849. The number of amides is 2. The molecule has 1 aromatic carbocycles. The van der Waals surface area contributed by atoms with E-state index in [0.717, 1.165) is 11.4 Å². The van der Waals surface area contributed by atoms with Gasteiger partial charge < -0.3 is 14.5 Å². The second kappa shape index (κ2) is 10.2. The standard InChI is InChI=1S/C20H25N5O3S/c1-3-9-25-19(16-7-5-4-6-8-16)21-22-20(25)29-15-18(27)23(2)14-17(26)24-10-12-28-13-11-24/h3-8H,1,9-15H2,2H3. The molecular formula is C20H25N5O3S. The molecule has 0 atom stereocenters. The predicted molar refractivity (Wildman–Crippen MR) is 111 cm³/mol. The molecule has 0 aliphatic carbocycles. The Labute approximate surface area is 174 Å². The van der Waals surface area contributed by atoms with Crippen LogP contribution >= 0.6 is 11.8 Å². The molecule has 2 amide bonds. The van der Waals surface area contributed by atoms with Crippen molar-refractivity contribution in [3.63, 3.8) is 0 Å². The first-order chi connectivity index (χ1) is 14.1. The first kappa shape index (κ1) is 21.1. The van der Waals surface area contributed by atoms with Crippen LogP contribution in [0.3, 0.4) is 0 Å². The van der Waals surface area contributed by atoms with Gasteiger partial charge in [-0.2, -0.15) is 0 Å². The van der Waals surface area contributed by atoms with Gasteiger partial charge >= 0.3 is 0 Å². The van der Waals surface area contributed by atoms with Crippen molar-refractivity contribution in [2.24, 2.45) is 0 Å². The molecule has 29 heavy (non-hydrogen) atoms. The molecule has 1 aromatic heterocycles. The summed E-state index contributed by atoms with van der Waals surface area (Å²) in [4.78, 5) is 28.0. The molecule has 1 saturated heterocycles. The normalized spacial score (nSPS) is 13.9. The molecule has 9 heteroatoms. The molecule has 0 saturated carbocycles. The van der Waals surface area contributed by atoms with E-state index >= 15 is 0 Å². The minimum atomic E-state index is -0.133. The van der Waals surface area contributed by atoms with Crippen molar-refractivity contribution in [3.8, 4) is 11.4 Å². The van der Waals surface area contributed by atoms with Gasteiger partial charge in [0.1, 0.15) is 0 Å². The molecule has 1 aliphatic rings. The van der Waals surface area contributed by atoms with Crippen LogP contribution in [0.15, 0.2) is 48.1 Å². The fraction of sp³-hybridized carbons (Fsp3) is 0.400. The molecule has 0 N–H and O–H groups in total. The van der Waals surface area contributed by atoms with E-state index in [1.54, 1.807) is 18.0 Å². The topological polar surface area (TPSA) is 80.6 Å². The molecule has 0 bridgehead atoms. The van der Waals surface area contributed by atoms with Gasteiger partial charge in [-0.05, 0) is 0 Å². The molecule has 8 nitrogen and oxygen atoms in total. The number of benzene rings is 1. The number of morpholine rings is 1. The first-order valence-electron chi connectivity index (χ1n) is 9.42. The van der Waals surface area contributed by atoms with Gasteiger partial charge in [0.25, 0.3) is 0 Å². The van der Waals surface area contributed by atoms with Gasteiger partial charge in [0.2, 0.25) is 11.8 Å². The predicted octanol–water partition coefficient (Wildman–Crippen LogP) is 1.54. The molecule has 2 aromatic rings.